The standard InChI is InChI=1S/C16H23NO7S/c1-10-3-5-12(6-4-10)25(21,22)9-11(2)24-16(20)17-13-8-23-14(7-18)15(13)19/h3-6,11,13-15,18-19H,7-9H2,1-2H3,(H,17,20)/t11?,13?,14-,15?/m1/s1. The largest absolute Gasteiger partial charge is 0.445 e. The van der Waals surface area contributed by atoms with Crippen molar-refractivity contribution in [1.82, 2.24) is 5.32 Å². The Bertz CT molecular complexity index is 689. The molecule has 0 aromatic heterocycles. The number of amides is 1. The Morgan fingerprint density at radius 1 is 1.40 bits per heavy atom. The van der Waals surface area contributed by atoms with Gasteiger partial charge in [-0.1, -0.05) is 17.7 Å². The van der Waals surface area contributed by atoms with Gasteiger partial charge < -0.3 is 25.0 Å². The van der Waals surface area contributed by atoms with Crippen LogP contribution in [0.15, 0.2) is 29.2 Å². The molecular formula is C16H23NO7S. The van der Waals surface area contributed by atoms with Crippen LogP contribution in [-0.4, -0.2) is 68.0 Å². The topological polar surface area (TPSA) is 122 Å². The van der Waals surface area contributed by atoms with E-state index in [1.807, 2.05) is 6.92 Å². The molecule has 1 aromatic rings. The molecule has 4 atom stereocenters. The van der Waals surface area contributed by atoms with Crippen molar-refractivity contribution in [2.24, 2.45) is 0 Å². The lowest BCUT2D eigenvalue weighted by Crippen LogP contribution is -2.46. The Kier molecular flexibility index (Phi) is 6.39. The Morgan fingerprint density at radius 3 is 2.60 bits per heavy atom. The molecule has 25 heavy (non-hydrogen) atoms. The molecule has 1 aliphatic heterocycles. The van der Waals surface area contributed by atoms with Crippen LogP contribution >= 0.6 is 0 Å². The molecule has 140 valence electrons. The Hall–Kier alpha value is -1.68. The van der Waals surface area contributed by atoms with Gasteiger partial charge in [0.1, 0.15) is 18.3 Å². The fraction of sp³-hybridized carbons (Fsp3) is 0.562. The van der Waals surface area contributed by atoms with Crippen molar-refractivity contribution < 1.29 is 32.9 Å². The van der Waals surface area contributed by atoms with Gasteiger partial charge in [-0.3, -0.25) is 0 Å². The summed E-state index contributed by atoms with van der Waals surface area (Å²) in [6, 6.07) is 5.71. The smallest absolute Gasteiger partial charge is 0.407 e. The second kappa shape index (κ2) is 8.13. The summed E-state index contributed by atoms with van der Waals surface area (Å²) in [5.41, 5.74) is 0.946. The second-order valence-corrected chi connectivity index (χ2v) is 8.14. The second-order valence-electron chi connectivity index (χ2n) is 6.11. The maximum absolute atomic E-state index is 12.3. The van der Waals surface area contributed by atoms with Gasteiger partial charge in [0.15, 0.2) is 9.84 Å². The maximum Gasteiger partial charge on any atom is 0.407 e. The summed E-state index contributed by atoms with van der Waals surface area (Å²) >= 11 is 0. The highest BCUT2D eigenvalue weighted by molar-refractivity contribution is 7.91. The Balaban J connectivity index is 1.88. The number of aliphatic hydroxyl groups excluding tert-OH is 2. The first-order valence-corrected chi connectivity index (χ1v) is 9.55. The average molecular weight is 373 g/mol. The first kappa shape index (κ1) is 19.6. The van der Waals surface area contributed by atoms with Crippen LogP contribution in [-0.2, 0) is 19.3 Å². The minimum Gasteiger partial charge on any atom is -0.445 e. The molecule has 8 nitrogen and oxygen atoms in total. The van der Waals surface area contributed by atoms with Gasteiger partial charge in [0.05, 0.1) is 29.9 Å². The minimum atomic E-state index is -3.58. The van der Waals surface area contributed by atoms with E-state index in [0.29, 0.717) is 0 Å². The number of ether oxygens (including phenoxy) is 2. The summed E-state index contributed by atoms with van der Waals surface area (Å²) < 4.78 is 34.8. The van der Waals surface area contributed by atoms with Crippen molar-refractivity contribution in [3.8, 4) is 0 Å². The van der Waals surface area contributed by atoms with Crippen LogP contribution in [0.4, 0.5) is 4.79 Å². The van der Waals surface area contributed by atoms with E-state index in [4.69, 9.17) is 14.6 Å². The van der Waals surface area contributed by atoms with Crippen LogP contribution in [0.2, 0.25) is 0 Å². The highest BCUT2D eigenvalue weighted by Crippen LogP contribution is 2.16. The first-order chi connectivity index (χ1) is 11.7. The van der Waals surface area contributed by atoms with Gasteiger partial charge in [0, 0.05) is 0 Å². The molecule has 0 saturated carbocycles. The summed E-state index contributed by atoms with van der Waals surface area (Å²) in [7, 11) is -3.58. The van der Waals surface area contributed by atoms with Crippen molar-refractivity contribution in [3.63, 3.8) is 0 Å². The number of rotatable bonds is 6. The maximum atomic E-state index is 12.3. The number of aryl methyl sites for hydroxylation is 1. The van der Waals surface area contributed by atoms with Crippen molar-refractivity contribution in [2.45, 2.75) is 43.1 Å². The van der Waals surface area contributed by atoms with E-state index in [9.17, 15) is 18.3 Å². The molecule has 3 N–H and O–H groups in total. The number of sulfone groups is 1. The molecule has 1 aromatic carbocycles. The van der Waals surface area contributed by atoms with Gasteiger partial charge in [-0.2, -0.15) is 0 Å². The van der Waals surface area contributed by atoms with Crippen LogP contribution in [0.5, 0.6) is 0 Å². The number of hydrogen-bond donors (Lipinski definition) is 3. The number of benzene rings is 1. The third-order valence-electron chi connectivity index (χ3n) is 3.91. The van der Waals surface area contributed by atoms with E-state index in [2.05, 4.69) is 5.32 Å². The van der Waals surface area contributed by atoms with Crippen LogP contribution in [0.1, 0.15) is 12.5 Å². The predicted octanol–water partition coefficient (Wildman–Crippen LogP) is 0.00402. The van der Waals surface area contributed by atoms with Crippen molar-refractivity contribution >= 4 is 15.9 Å². The summed E-state index contributed by atoms with van der Waals surface area (Å²) in [6.07, 6.45) is -3.54. The lowest BCUT2D eigenvalue weighted by Gasteiger charge is -2.19. The van der Waals surface area contributed by atoms with Crippen LogP contribution in [0.25, 0.3) is 0 Å². The van der Waals surface area contributed by atoms with E-state index >= 15 is 0 Å². The SMILES string of the molecule is Cc1ccc(S(=O)(=O)CC(C)OC(=O)NC2CO[C@H](CO)C2O)cc1. The highest BCUT2D eigenvalue weighted by Gasteiger charge is 2.37. The zero-order valence-corrected chi connectivity index (χ0v) is 14.9. The number of carbonyl (C=O) groups is 1. The van der Waals surface area contributed by atoms with Crippen molar-refractivity contribution in [1.29, 1.82) is 0 Å². The normalized spacial score (nSPS) is 24.7. The molecule has 1 aliphatic rings. The quantitative estimate of drug-likeness (QED) is 0.642. The summed E-state index contributed by atoms with van der Waals surface area (Å²) in [5.74, 6) is -0.355. The molecule has 2 rings (SSSR count). The Labute approximate surface area is 146 Å². The molecule has 1 saturated heterocycles. The fourth-order valence-corrected chi connectivity index (χ4v) is 3.95. The lowest BCUT2D eigenvalue weighted by molar-refractivity contribution is 0.00261. The number of aliphatic hydroxyl groups is 2. The molecule has 0 radical (unpaired) electrons. The molecule has 1 fully saturated rings. The van der Waals surface area contributed by atoms with Gasteiger partial charge in [-0.15, -0.1) is 0 Å². The van der Waals surface area contributed by atoms with Crippen LogP contribution in [0, 0.1) is 6.92 Å². The third-order valence-corrected chi connectivity index (χ3v) is 5.81. The van der Waals surface area contributed by atoms with Gasteiger partial charge in [-0.25, -0.2) is 13.2 Å². The van der Waals surface area contributed by atoms with Crippen molar-refractivity contribution in [2.75, 3.05) is 19.0 Å². The van der Waals surface area contributed by atoms with Gasteiger partial charge in [0.2, 0.25) is 0 Å². The molecule has 3 unspecified atom stereocenters. The van der Waals surface area contributed by atoms with Gasteiger partial charge in [0.25, 0.3) is 0 Å². The molecule has 0 spiro atoms. The molecule has 0 aliphatic carbocycles. The summed E-state index contributed by atoms with van der Waals surface area (Å²) in [4.78, 5) is 12.0. The summed E-state index contributed by atoms with van der Waals surface area (Å²) in [6.45, 7) is 3.01. The molecule has 9 heteroatoms. The molecule has 1 heterocycles. The minimum absolute atomic E-state index is 0.0392. The number of nitrogens with one attached hydrogen (secondary N) is 1. The van der Waals surface area contributed by atoms with Crippen LogP contribution in [0.3, 0.4) is 0 Å². The predicted molar refractivity (Wildman–Crippen MR) is 88.9 cm³/mol. The zero-order chi connectivity index (χ0) is 18.6. The van der Waals surface area contributed by atoms with E-state index in [0.717, 1.165) is 5.56 Å². The lowest BCUT2D eigenvalue weighted by atomic mass is 10.1. The Morgan fingerprint density at radius 2 is 2.04 bits per heavy atom. The average Bonchev–Trinajstić information content (AvgIpc) is 2.87. The molecular weight excluding hydrogens is 350 g/mol. The van der Waals surface area contributed by atoms with E-state index in [1.54, 1.807) is 12.1 Å². The van der Waals surface area contributed by atoms with E-state index in [1.165, 1.54) is 19.1 Å². The number of alkyl carbamates (subject to hydrolysis) is 1. The number of hydrogen-bond acceptors (Lipinski definition) is 7. The highest BCUT2D eigenvalue weighted by atomic mass is 32.2. The van der Waals surface area contributed by atoms with Gasteiger partial charge in [-0.05, 0) is 26.0 Å². The monoisotopic (exact) mass is 373 g/mol. The zero-order valence-electron chi connectivity index (χ0n) is 14.1. The first-order valence-electron chi connectivity index (χ1n) is 7.90. The van der Waals surface area contributed by atoms with Crippen molar-refractivity contribution in [3.05, 3.63) is 29.8 Å². The van der Waals surface area contributed by atoms with E-state index in [-0.39, 0.29) is 23.9 Å². The number of carbonyl (C=O) groups excluding carboxylic acids is 1. The fourth-order valence-electron chi connectivity index (χ4n) is 2.52. The molecule has 0 bridgehead atoms. The van der Waals surface area contributed by atoms with Crippen LogP contribution < -0.4 is 5.32 Å². The third kappa shape index (κ3) is 5.15. The summed E-state index contributed by atoms with van der Waals surface area (Å²) in [5, 5.41) is 21.2. The molecule has 1 amide bonds. The van der Waals surface area contributed by atoms with E-state index < -0.39 is 40.3 Å². The van der Waals surface area contributed by atoms with Gasteiger partial charge >= 0.3 is 6.09 Å².